The maximum Gasteiger partial charge on any atom is 0.266 e. The Balaban J connectivity index is 2.01. The summed E-state index contributed by atoms with van der Waals surface area (Å²) >= 11 is 12.6. The lowest BCUT2D eigenvalue weighted by Gasteiger charge is -2.13. The molecule has 0 radical (unpaired) electrons. The summed E-state index contributed by atoms with van der Waals surface area (Å²) in [4.78, 5) is 14.8. The SMILES string of the molecule is CCCCCCN1C(=O)/C(=C\c2ccc(Cl)cc2)SC1=S. The van der Waals surface area contributed by atoms with Crippen molar-refractivity contribution in [1.82, 2.24) is 4.90 Å². The quantitative estimate of drug-likeness (QED) is 0.407. The van der Waals surface area contributed by atoms with Gasteiger partial charge in [-0.15, -0.1) is 0 Å². The molecular weight excluding hydrogens is 322 g/mol. The summed E-state index contributed by atoms with van der Waals surface area (Å²) in [5.74, 6) is 0.0245. The normalized spacial score (nSPS) is 17.0. The summed E-state index contributed by atoms with van der Waals surface area (Å²) in [7, 11) is 0. The van der Waals surface area contributed by atoms with Crippen LogP contribution in [-0.4, -0.2) is 21.7 Å². The molecule has 0 spiro atoms. The summed E-state index contributed by atoms with van der Waals surface area (Å²) in [5.41, 5.74) is 0.964. The van der Waals surface area contributed by atoms with Crippen LogP contribution in [0.25, 0.3) is 6.08 Å². The number of halogens is 1. The number of nitrogens with zero attached hydrogens (tertiary/aromatic N) is 1. The zero-order chi connectivity index (χ0) is 15.2. The summed E-state index contributed by atoms with van der Waals surface area (Å²) < 4.78 is 0.664. The Kier molecular flexibility index (Phi) is 6.27. The van der Waals surface area contributed by atoms with Gasteiger partial charge < -0.3 is 0 Å². The number of thioether (sulfide) groups is 1. The second-order valence-corrected chi connectivity index (χ2v) is 7.06. The van der Waals surface area contributed by atoms with Gasteiger partial charge in [0.1, 0.15) is 4.32 Å². The monoisotopic (exact) mass is 339 g/mol. The molecule has 0 atom stereocenters. The summed E-state index contributed by atoms with van der Waals surface area (Å²) in [6, 6.07) is 7.43. The molecule has 2 nitrogen and oxygen atoms in total. The minimum absolute atomic E-state index is 0.0245. The molecule has 1 aromatic carbocycles. The lowest BCUT2D eigenvalue weighted by Crippen LogP contribution is -2.28. The molecule has 2 rings (SSSR count). The van der Waals surface area contributed by atoms with Crippen LogP contribution in [-0.2, 0) is 4.79 Å². The third-order valence-corrected chi connectivity index (χ3v) is 4.91. The molecule has 1 saturated heterocycles. The molecule has 0 bridgehead atoms. The van der Waals surface area contributed by atoms with Gasteiger partial charge in [-0.2, -0.15) is 0 Å². The van der Waals surface area contributed by atoms with Crippen molar-refractivity contribution >= 4 is 51.9 Å². The molecule has 0 saturated carbocycles. The van der Waals surface area contributed by atoms with E-state index in [2.05, 4.69) is 6.92 Å². The molecule has 1 heterocycles. The highest BCUT2D eigenvalue weighted by Gasteiger charge is 2.31. The third-order valence-electron chi connectivity index (χ3n) is 3.28. The highest BCUT2D eigenvalue weighted by atomic mass is 35.5. The molecule has 1 amide bonds. The zero-order valence-corrected chi connectivity index (χ0v) is 14.4. The average molecular weight is 340 g/mol. The summed E-state index contributed by atoms with van der Waals surface area (Å²) in [5, 5.41) is 0.690. The predicted octanol–water partition coefficient (Wildman–Crippen LogP) is 5.12. The third kappa shape index (κ3) is 4.56. The van der Waals surface area contributed by atoms with Gasteiger partial charge >= 0.3 is 0 Å². The zero-order valence-electron chi connectivity index (χ0n) is 12.0. The van der Waals surface area contributed by atoms with E-state index in [1.807, 2.05) is 30.3 Å². The Morgan fingerprint density at radius 1 is 1.24 bits per heavy atom. The predicted molar refractivity (Wildman–Crippen MR) is 95.5 cm³/mol. The van der Waals surface area contributed by atoms with E-state index in [1.165, 1.54) is 24.6 Å². The van der Waals surface area contributed by atoms with Crippen molar-refractivity contribution < 1.29 is 4.79 Å². The van der Waals surface area contributed by atoms with Crippen molar-refractivity contribution in [1.29, 1.82) is 0 Å². The number of carbonyl (C=O) groups excluding carboxylic acids is 1. The van der Waals surface area contributed by atoms with Crippen molar-refractivity contribution in [3.05, 3.63) is 39.8 Å². The first-order chi connectivity index (χ1) is 10.1. The molecule has 1 fully saturated rings. The summed E-state index contributed by atoms with van der Waals surface area (Å²) in [6.07, 6.45) is 6.42. The van der Waals surface area contributed by atoms with Crippen LogP contribution >= 0.6 is 35.6 Å². The highest BCUT2D eigenvalue weighted by Crippen LogP contribution is 2.32. The van der Waals surface area contributed by atoms with E-state index in [9.17, 15) is 4.79 Å². The topological polar surface area (TPSA) is 20.3 Å². The number of unbranched alkanes of at least 4 members (excludes halogenated alkanes) is 3. The van der Waals surface area contributed by atoms with E-state index < -0.39 is 0 Å². The largest absolute Gasteiger partial charge is 0.293 e. The Morgan fingerprint density at radius 2 is 1.95 bits per heavy atom. The van der Waals surface area contributed by atoms with E-state index >= 15 is 0 Å². The van der Waals surface area contributed by atoms with Crippen LogP contribution in [0.5, 0.6) is 0 Å². The number of carbonyl (C=O) groups is 1. The van der Waals surface area contributed by atoms with Gasteiger partial charge in [0.25, 0.3) is 5.91 Å². The Hall–Kier alpha value is -0.840. The van der Waals surface area contributed by atoms with E-state index in [1.54, 1.807) is 4.90 Å². The molecule has 0 aliphatic carbocycles. The fourth-order valence-corrected chi connectivity index (χ4v) is 3.53. The van der Waals surface area contributed by atoms with Crippen LogP contribution < -0.4 is 0 Å². The van der Waals surface area contributed by atoms with Gasteiger partial charge in [-0.3, -0.25) is 9.69 Å². The van der Waals surface area contributed by atoms with Crippen LogP contribution in [0.15, 0.2) is 29.2 Å². The standard InChI is InChI=1S/C16H18ClNOS2/c1-2-3-4-5-10-18-15(19)14(21-16(18)20)11-12-6-8-13(17)9-7-12/h6-9,11H,2-5,10H2,1H3/b14-11+. The van der Waals surface area contributed by atoms with Crippen LogP contribution in [0.1, 0.15) is 38.2 Å². The van der Waals surface area contributed by atoms with Gasteiger partial charge in [0.2, 0.25) is 0 Å². The van der Waals surface area contributed by atoms with Crippen LogP contribution in [0.4, 0.5) is 0 Å². The molecule has 1 aliphatic heterocycles. The van der Waals surface area contributed by atoms with Gasteiger partial charge in [0, 0.05) is 11.6 Å². The second kappa shape index (κ2) is 7.97. The van der Waals surface area contributed by atoms with E-state index in [-0.39, 0.29) is 5.91 Å². The van der Waals surface area contributed by atoms with Gasteiger partial charge in [-0.25, -0.2) is 0 Å². The number of benzene rings is 1. The molecular formula is C16H18ClNOS2. The molecule has 112 valence electrons. The molecule has 0 aromatic heterocycles. The minimum Gasteiger partial charge on any atom is -0.293 e. The fraction of sp³-hybridized carbons (Fsp3) is 0.375. The Morgan fingerprint density at radius 3 is 2.62 bits per heavy atom. The minimum atomic E-state index is 0.0245. The Labute approximate surface area is 140 Å². The number of thiocarbonyl (C=S) groups is 1. The number of hydrogen-bond donors (Lipinski definition) is 0. The molecule has 5 heteroatoms. The van der Waals surface area contributed by atoms with E-state index in [0.717, 1.165) is 24.9 Å². The molecule has 0 unspecified atom stereocenters. The van der Waals surface area contributed by atoms with Crippen molar-refractivity contribution in [3.8, 4) is 0 Å². The maximum absolute atomic E-state index is 12.4. The lowest BCUT2D eigenvalue weighted by molar-refractivity contribution is -0.122. The van der Waals surface area contributed by atoms with E-state index in [0.29, 0.717) is 14.2 Å². The first-order valence-electron chi connectivity index (χ1n) is 7.12. The van der Waals surface area contributed by atoms with Crippen molar-refractivity contribution in [2.45, 2.75) is 32.6 Å². The second-order valence-electron chi connectivity index (χ2n) is 4.95. The first kappa shape index (κ1) is 16.5. The van der Waals surface area contributed by atoms with Crippen LogP contribution in [0, 0.1) is 0 Å². The van der Waals surface area contributed by atoms with E-state index in [4.69, 9.17) is 23.8 Å². The van der Waals surface area contributed by atoms with Crippen molar-refractivity contribution in [2.24, 2.45) is 0 Å². The maximum atomic E-state index is 12.4. The molecule has 1 aromatic rings. The van der Waals surface area contributed by atoms with Crippen molar-refractivity contribution in [2.75, 3.05) is 6.54 Å². The summed E-state index contributed by atoms with van der Waals surface area (Å²) in [6.45, 7) is 2.90. The van der Waals surface area contributed by atoms with Crippen molar-refractivity contribution in [3.63, 3.8) is 0 Å². The number of rotatable bonds is 6. The smallest absolute Gasteiger partial charge is 0.266 e. The number of amides is 1. The van der Waals surface area contributed by atoms with Gasteiger partial charge in [0.05, 0.1) is 4.91 Å². The van der Waals surface area contributed by atoms with Gasteiger partial charge in [-0.05, 0) is 30.2 Å². The first-order valence-corrected chi connectivity index (χ1v) is 8.73. The molecule has 0 N–H and O–H groups in total. The van der Waals surface area contributed by atoms with Crippen LogP contribution in [0.2, 0.25) is 5.02 Å². The molecule has 1 aliphatic rings. The lowest BCUT2D eigenvalue weighted by atomic mass is 10.2. The fourth-order valence-electron chi connectivity index (χ4n) is 2.10. The Bertz CT molecular complexity index is 554. The highest BCUT2D eigenvalue weighted by molar-refractivity contribution is 8.26. The molecule has 21 heavy (non-hydrogen) atoms. The number of hydrogen-bond acceptors (Lipinski definition) is 3. The van der Waals surface area contributed by atoms with Gasteiger partial charge in [0.15, 0.2) is 0 Å². The van der Waals surface area contributed by atoms with Crippen LogP contribution in [0.3, 0.4) is 0 Å². The average Bonchev–Trinajstić information content (AvgIpc) is 2.73. The van der Waals surface area contributed by atoms with Gasteiger partial charge in [-0.1, -0.05) is 73.9 Å².